The summed E-state index contributed by atoms with van der Waals surface area (Å²) in [5, 5.41) is 6.57. The van der Waals surface area contributed by atoms with Crippen LogP contribution in [0.25, 0.3) is 21.9 Å². The minimum absolute atomic E-state index is 0.0807. The maximum Gasteiger partial charge on any atom is 0.417 e. The molecule has 38 heavy (non-hydrogen) atoms. The molecular formula is C26H19ClF3N5O3. The first-order chi connectivity index (χ1) is 18.1. The Balaban J connectivity index is 1.51. The number of carbonyl (C=O) groups is 2. The molecule has 0 aliphatic carbocycles. The smallest absolute Gasteiger partial charge is 0.377 e. The van der Waals surface area contributed by atoms with Crippen molar-refractivity contribution in [2.45, 2.75) is 12.8 Å². The molecule has 0 aliphatic heterocycles. The van der Waals surface area contributed by atoms with E-state index >= 15 is 0 Å². The number of benzene rings is 3. The largest absolute Gasteiger partial charge is 0.417 e. The van der Waals surface area contributed by atoms with Crippen LogP contribution in [0.3, 0.4) is 0 Å². The summed E-state index contributed by atoms with van der Waals surface area (Å²) in [5.74, 6) is -0.730. The summed E-state index contributed by atoms with van der Waals surface area (Å²) in [6.07, 6.45) is -4.72. The van der Waals surface area contributed by atoms with Crippen molar-refractivity contribution in [1.82, 2.24) is 15.0 Å². The second kappa shape index (κ2) is 9.84. The molecule has 0 bridgehead atoms. The lowest BCUT2D eigenvalue weighted by atomic mass is 10.1. The first kappa shape index (κ1) is 25.3. The molecule has 194 valence electrons. The normalized spacial score (nSPS) is 11.7. The van der Waals surface area contributed by atoms with Crippen LogP contribution in [-0.4, -0.2) is 33.9 Å². The Hall–Kier alpha value is -4.35. The van der Waals surface area contributed by atoms with Gasteiger partial charge in [-0.3, -0.25) is 9.59 Å². The highest BCUT2D eigenvalue weighted by molar-refractivity contribution is 6.31. The Morgan fingerprint density at radius 3 is 2.47 bits per heavy atom. The minimum atomic E-state index is -4.72. The van der Waals surface area contributed by atoms with Gasteiger partial charge in [-0.15, -0.1) is 0 Å². The maximum atomic E-state index is 13.4. The summed E-state index contributed by atoms with van der Waals surface area (Å²) in [4.78, 5) is 36.7. The lowest BCUT2D eigenvalue weighted by molar-refractivity contribution is -0.137. The van der Waals surface area contributed by atoms with Crippen molar-refractivity contribution >= 4 is 56.9 Å². The second-order valence-electron chi connectivity index (χ2n) is 8.40. The molecule has 0 unspecified atom stereocenters. The molecule has 2 amide bonds. The van der Waals surface area contributed by atoms with E-state index in [0.29, 0.717) is 33.2 Å². The van der Waals surface area contributed by atoms with Crippen molar-refractivity contribution in [2.75, 3.05) is 17.7 Å². The van der Waals surface area contributed by atoms with Crippen LogP contribution >= 0.6 is 11.6 Å². The van der Waals surface area contributed by atoms with Gasteiger partial charge in [0.25, 0.3) is 11.8 Å². The van der Waals surface area contributed by atoms with E-state index < -0.39 is 29.1 Å². The molecule has 5 rings (SSSR count). The third kappa shape index (κ3) is 5.06. The van der Waals surface area contributed by atoms with Crippen molar-refractivity contribution in [2.24, 2.45) is 0 Å². The van der Waals surface area contributed by atoms with E-state index in [1.54, 1.807) is 24.3 Å². The summed E-state index contributed by atoms with van der Waals surface area (Å²) in [7, 11) is 1.48. The zero-order valence-corrected chi connectivity index (χ0v) is 20.4. The standard InChI is InChI=1S/C26H19ClF3N5O3/c1-38-12-22-33-20-11-15(31-24(36)16-4-2-3-5-18(16)26(28,29)30)10-17(23(20)34-22)25(37)35-21-8-13-6-7-14(27)9-19(13)32-21/h2-11,32H,12H2,1H3,(H,31,36)(H,33,34)(H,35,37). The van der Waals surface area contributed by atoms with E-state index in [2.05, 4.69) is 25.6 Å². The van der Waals surface area contributed by atoms with Crippen molar-refractivity contribution in [1.29, 1.82) is 0 Å². The molecule has 0 spiro atoms. The summed E-state index contributed by atoms with van der Waals surface area (Å²) >= 11 is 6.03. The number of aromatic nitrogens is 3. The predicted molar refractivity (Wildman–Crippen MR) is 137 cm³/mol. The van der Waals surface area contributed by atoms with Crippen molar-refractivity contribution in [3.8, 4) is 0 Å². The third-order valence-corrected chi connectivity index (χ3v) is 5.96. The van der Waals surface area contributed by atoms with Gasteiger partial charge in [-0.05, 0) is 42.5 Å². The topological polar surface area (TPSA) is 112 Å². The SMILES string of the molecule is COCc1nc2c(C(=O)Nc3cc4ccc(Cl)cc4[nH]3)cc(NC(=O)c3ccccc3C(F)(F)F)cc2[nH]1. The molecule has 0 saturated carbocycles. The molecule has 12 heteroatoms. The molecule has 0 atom stereocenters. The molecule has 8 nitrogen and oxygen atoms in total. The van der Waals surface area contributed by atoms with Gasteiger partial charge in [0.05, 0.1) is 22.2 Å². The molecule has 2 aromatic heterocycles. The number of hydrogen-bond donors (Lipinski definition) is 4. The van der Waals surface area contributed by atoms with Crippen molar-refractivity contribution in [3.63, 3.8) is 0 Å². The Morgan fingerprint density at radius 1 is 0.947 bits per heavy atom. The van der Waals surface area contributed by atoms with Crippen LogP contribution in [-0.2, 0) is 17.5 Å². The van der Waals surface area contributed by atoms with Gasteiger partial charge in [-0.2, -0.15) is 13.2 Å². The number of carbonyl (C=O) groups excluding carboxylic acids is 2. The number of amides is 2. The highest BCUT2D eigenvalue weighted by Crippen LogP contribution is 2.33. The zero-order chi connectivity index (χ0) is 27.0. The number of anilines is 2. The first-order valence-corrected chi connectivity index (χ1v) is 11.6. The van der Waals surface area contributed by atoms with Crippen LogP contribution in [0.15, 0.2) is 60.7 Å². The van der Waals surface area contributed by atoms with E-state index in [-0.39, 0.29) is 17.9 Å². The van der Waals surface area contributed by atoms with Gasteiger partial charge in [0.15, 0.2) is 0 Å². The number of aromatic amines is 2. The van der Waals surface area contributed by atoms with Crippen LogP contribution < -0.4 is 10.6 Å². The minimum Gasteiger partial charge on any atom is -0.377 e. The number of H-pyrrole nitrogens is 2. The van der Waals surface area contributed by atoms with Gasteiger partial charge in [0.2, 0.25) is 0 Å². The quantitative estimate of drug-likeness (QED) is 0.200. The number of fused-ring (bicyclic) bond motifs is 2. The first-order valence-electron chi connectivity index (χ1n) is 11.2. The molecule has 3 aromatic carbocycles. The van der Waals surface area contributed by atoms with Gasteiger partial charge < -0.3 is 25.3 Å². The van der Waals surface area contributed by atoms with Crippen molar-refractivity contribution in [3.05, 3.63) is 88.2 Å². The van der Waals surface area contributed by atoms with Gasteiger partial charge in [0.1, 0.15) is 23.8 Å². The fourth-order valence-corrected chi connectivity index (χ4v) is 4.27. The number of imidazole rings is 1. The summed E-state index contributed by atoms with van der Waals surface area (Å²) in [5.41, 5.74) is -0.0517. The van der Waals surface area contributed by atoms with Gasteiger partial charge >= 0.3 is 6.18 Å². The average molecular weight is 542 g/mol. The fourth-order valence-electron chi connectivity index (χ4n) is 4.10. The van der Waals surface area contributed by atoms with Crippen LogP contribution in [0, 0.1) is 0 Å². The van der Waals surface area contributed by atoms with E-state index in [1.165, 1.54) is 31.4 Å². The highest BCUT2D eigenvalue weighted by atomic mass is 35.5. The summed E-state index contributed by atoms with van der Waals surface area (Å²) < 4.78 is 45.4. The molecular weight excluding hydrogens is 523 g/mol. The number of nitrogens with one attached hydrogen (secondary N) is 4. The summed E-state index contributed by atoms with van der Waals surface area (Å²) in [6.45, 7) is 0.124. The predicted octanol–water partition coefficient (Wildman–Crippen LogP) is 6.37. The number of halogens is 4. The third-order valence-electron chi connectivity index (χ3n) is 5.73. The van der Waals surface area contributed by atoms with Gasteiger partial charge in [-0.1, -0.05) is 29.8 Å². The number of rotatable bonds is 6. The lowest BCUT2D eigenvalue weighted by Gasteiger charge is -2.13. The average Bonchev–Trinajstić information content (AvgIpc) is 3.45. The van der Waals surface area contributed by atoms with Crippen LogP contribution in [0.1, 0.15) is 32.1 Å². The molecule has 4 N–H and O–H groups in total. The number of ether oxygens (including phenoxy) is 1. The van der Waals surface area contributed by atoms with Gasteiger partial charge in [0, 0.05) is 28.7 Å². The van der Waals surface area contributed by atoms with Crippen LogP contribution in [0.2, 0.25) is 5.02 Å². The fraction of sp³-hybridized carbons (Fsp3) is 0.115. The van der Waals surface area contributed by atoms with Crippen LogP contribution in [0.4, 0.5) is 24.7 Å². The molecule has 2 heterocycles. The number of hydrogen-bond acceptors (Lipinski definition) is 4. The van der Waals surface area contributed by atoms with E-state index in [1.807, 2.05) is 0 Å². The highest BCUT2D eigenvalue weighted by Gasteiger charge is 2.35. The van der Waals surface area contributed by atoms with E-state index in [4.69, 9.17) is 16.3 Å². The maximum absolute atomic E-state index is 13.4. The Labute approximate surface area is 218 Å². The Morgan fingerprint density at radius 2 is 1.71 bits per heavy atom. The van der Waals surface area contributed by atoms with Crippen LogP contribution in [0.5, 0.6) is 0 Å². The number of alkyl halides is 3. The molecule has 0 saturated heterocycles. The molecule has 0 aliphatic rings. The Kier molecular flexibility index (Phi) is 6.55. The molecule has 0 radical (unpaired) electrons. The summed E-state index contributed by atoms with van der Waals surface area (Å²) in [6, 6.07) is 14.2. The van der Waals surface area contributed by atoms with Crippen molar-refractivity contribution < 1.29 is 27.5 Å². The van der Waals surface area contributed by atoms with E-state index in [9.17, 15) is 22.8 Å². The van der Waals surface area contributed by atoms with E-state index in [0.717, 1.165) is 17.5 Å². The number of methoxy groups -OCH3 is 1. The molecule has 0 fully saturated rings. The molecule has 5 aromatic rings. The Bertz CT molecular complexity index is 1690. The monoisotopic (exact) mass is 541 g/mol. The zero-order valence-electron chi connectivity index (χ0n) is 19.7. The van der Waals surface area contributed by atoms with Gasteiger partial charge in [-0.25, -0.2) is 4.98 Å². The number of nitrogens with zero attached hydrogens (tertiary/aromatic N) is 1. The lowest BCUT2D eigenvalue weighted by Crippen LogP contribution is -2.19. The second-order valence-corrected chi connectivity index (χ2v) is 8.84.